The lowest BCUT2D eigenvalue weighted by atomic mass is 10.1. The summed E-state index contributed by atoms with van der Waals surface area (Å²) >= 11 is 0. The van der Waals surface area contributed by atoms with Gasteiger partial charge in [0.1, 0.15) is 0 Å². The minimum Gasteiger partial charge on any atom is -0.478 e. The largest absolute Gasteiger partial charge is 0.478 e. The van der Waals surface area contributed by atoms with Gasteiger partial charge in [0.2, 0.25) is 0 Å². The highest BCUT2D eigenvalue weighted by atomic mass is 16.4. The molecule has 0 saturated carbocycles. The maximum absolute atomic E-state index is 11.1. The maximum Gasteiger partial charge on any atom is 0.335 e. The van der Waals surface area contributed by atoms with Crippen molar-refractivity contribution in [1.82, 2.24) is 4.57 Å². The van der Waals surface area contributed by atoms with Gasteiger partial charge >= 0.3 is 5.97 Å². The normalized spacial score (nSPS) is 11.1. The number of aromatic carboxylic acids is 1. The van der Waals surface area contributed by atoms with Crippen LogP contribution in [0.4, 0.5) is 0 Å². The fourth-order valence-electron chi connectivity index (χ4n) is 2.44. The van der Waals surface area contributed by atoms with Crippen molar-refractivity contribution in [3.05, 3.63) is 35.5 Å². The minimum absolute atomic E-state index is 0.322. The summed E-state index contributed by atoms with van der Waals surface area (Å²) in [7, 11) is 0. The summed E-state index contributed by atoms with van der Waals surface area (Å²) in [6.45, 7) is 2.13. The van der Waals surface area contributed by atoms with Gasteiger partial charge in [0, 0.05) is 23.6 Å². The van der Waals surface area contributed by atoms with E-state index in [0.717, 1.165) is 42.3 Å². The van der Waals surface area contributed by atoms with Crippen LogP contribution in [-0.2, 0) is 13.0 Å². The molecule has 0 aliphatic heterocycles. The van der Waals surface area contributed by atoms with Crippen LogP contribution >= 0.6 is 0 Å². The van der Waals surface area contributed by atoms with Gasteiger partial charge in [-0.25, -0.2) is 4.79 Å². The number of nitrogens with zero attached hydrogens (tertiary/aromatic N) is 1. The summed E-state index contributed by atoms with van der Waals surface area (Å²) < 4.78 is 2.15. The number of benzene rings is 1. The van der Waals surface area contributed by atoms with Crippen molar-refractivity contribution >= 4 is 16.9 Å². The third-order valence-corrected chi connectivity index (χ3v) is 3.46. The van der Waals surface area contributed by atoms with Gasteiger partial charge < -0.3 is 21.1 Å². The summed E-state index contributed by atoms with van der Waals surface area (Å²) in [4.78, 5) is 11.1. The molecule has 5 heteroatoms. The number of fused-ring (bicyclic) bond motifs is 1. The first-order valence-electron chi connectivity index (χ1n) is 6.92. The molecule has 0 saturated heterocycles. The van der Waals surface area contributed by atoms with E-state index in [1.807, 2.05) is 6.07 Å². The van der Waals surface area contributed by atoms with Crippen LogP contribution in [0, 0.1) is 0 Å². The SMILES string of the molecule is NCCCc1cn(CCCN)c2ccc(C(=O)O)cc12. The molecular weight excluding hydrogens is 254 g/mol. The number of rotatable bonds is 7. The summed E-state index contributed by atoms with van der Waals surface area (Å²) in [5.74, 6) is -0.897. The number of carbonyl (C=O) groups is 1. The standard InChI is InChI=1S/C15H21N3O2/c16-6-1-3-12-10-18(8-2-7-17)14-5-4-11(15(19)20)9-13(12)14/h4-5,9-10H,1-3,6-8,16-17H2,(H,19,20). The molecule has 1 aromatic carbocycles. The van der Waals surface area contributed by atoms with Gasteiger partial charge in [0.05, 0.1) is 5.56 Å². The second-order valence-corrected chi connectivity index (χ2v) is 4.92. The van der Waals surface area contributed by atoms with Crippen molar-refractivity contribution in [1.29, 1.82) is 0 Å². The van der Waals surface area contributed by atoms with Gasteiger partial charge in [0.15, 0.2) is 0 Å². The van der Waals surface area contributed by atoms with Gasteiger partial charge in [-0.3, -0.25) is 0 Å². The highest BCUT2D eigenvalue weighted by molar-refractivity contribution is 5.95. The number of hydrogen-bond donors (Lipinski definition) is 3. The molecule has 0 spiro atoms. The Morgan fingerprint density at radius 1 is 1.20 bits per heavy atom. The Morgan fingerprint density at radius 2 is 1.95 bits per heavy atom. The van der Waals surface area contributed by atoms with Gasteiger partial charge in [-0.15, -0.1) is 0 Å². The van der Waals surface area contributed by atoms with Gasteiger partial charge in [0.25, 0.3) is 0 Å². The monoisotopic (exact) mass is 275 g/mol. The molecule has 0 amide bonds. The molecule has 5 N–H and O–H groups in total. The summed E-state index contributed by atoms with van der Waals surface area (Å²) in [5.41, 5.74) is 13.7. The molecule has 0 fully saturated rings. The molecule has 108 valence electrons. The molecule has 2 aromatic rings. The molecule has 5 nitrogen and oxygen atoms in total. The molecule has 2 rings (SSSR count). The maximum atomic E-state index is 11.1. The average Bonchev–Trinajstić information content (AvgIpc) is 2.80. The zero-order valence-corrected chi connectivity index (χ0v) is 11.5. The zero-order chi connectivity index (χ0) is 14.5. The van der Waals surface area contributed by atoms with Crippen molar-refractivity contribution in [3.63, 3.8) is 0 Å². The lowest BCUT2D eigenvalue weighted by Gasteiger charge is -2.04. The number of carboxylic acid groups (broad SMARTS) is 1. The molecular formula is C15H21N3O2. The predicted molar refractivity (Wildman–Crippen MR) is 79.9 cm³/mol. The Bertz CT molecular complexity index is 604. The first-order chi connectivity index (χ1) is 9.67. The van der Waals surface area contributed by atoms with E-state index in [-0.39, 0.29) is 0 Å². The molecule has 0 atom stereocenters. The number of aryl methyl sites for hydroxylation is 2. The molecule has 0 unspecified atom stereocenters. The third kappa shape index (κ3) is 3.00. The number of hydrogen-bond acceptors (Lipinski definition) is 3. The molecule has 0 radical (unpaired) electrons. The second kappa shape index (κ2) is 6.54. The van der Waals surface area contributed by atoms with E-state index in [2.05, 4.69) is 10.8 Å². The topological polar surface area (TPSA) is 94.3 Å². The molecule has 0 aliphatic rings. The zero-order valence-electron chi connectivity index (χ0n) is 11.5. The Balaban J connectivity index is 2.45. The van der Waals surface area contributed by atoms with E-state index < -0.39 is 5.97 Å². The van der Waals surface area contributed by atoms with Crippen LogP contribution in [0.1, 0.15) is 28.8 Å². The highest BCUT2D eigenvalue weighted by Crippen LogP contribution is 2.24. The van der Waals surface area contributed by atoms with Crippen LogP contribution < -0.4 is 11.5 Å². The second-order valence-electron chi connectivity index (χ2n) is 4.92. The Hall–Kier alpha value is -1.85. The molecule has 1 aromatic heterocycles. The van der Waals surface area contributed by atoms with Crippen molar-refractivity contribution in [2.24, 2.45) is 11.5 Å². The van der Waals surface area contributed by atoms with Crippen molar-refractivity contribution in [2.45, 2.75) is 25.8 Å². The van der Waals surface area contributed by atoms with Gasteiger partial charge in [-0.05, 0) is 56.1 Å². The lowest BCUT2D eigenvalue weighted by Crippen LogP contribution is -2.05. The van der Waals surface area contributed by atoms with Gasteiger partial charge in [-0.2, -0.15) is 0 Å². The molecule has 0 bridgehead atoms. The summed E-state index contributed by atoms with van der Waals surface area (Å²) in [6, 6.07) is 5.28. The van der Waals surface area contributed by atoms with Crippen molar-refractivity contribution < 1.29 is 9.90 Å². The fraction of sp³-hybridized carbons (Fsp3) is 0.400. The Morgan fingerprint density at radius 3 is 2.60 bits per heavy atom. The smallest absolute Gasteiger partial charge is 0.335 e. The number of aromatic nitrogens is 1. The Kier molecular flexibility index (Phi) is 4.76. The van der Waals surface area contributed by atoms with Crippen LogP contribution in [0.3, 0.4) is 0 Å². The van der Waals surface area contributed by atoms with Crippen LogP contribution in [0.15, 0.2) is 24.4 Å². The van der Waals surface area contributed by atoms with E-state index in [9.17, 15) is 4.79 Å². The van der Waals surface area contributed by atoms with Crippen LogP contribution in [0.2, 0.25) is 0 Å². The lowest BCUT2D eigenvalue weighted by molar-refractivity contribution is 0.0697. The summed E-state index contributed by atoms with van der Waals surface area (Å²) in [6.07, 6.45) is 4.77. The van der Waals surface area contributed by atoms with E-state index in [1.165, 1.54) is 0 Å². The predicted octanol–water partition coefficient (Wildman–Crippen LogP) is 1.58. The van der Waals surface area contributed by atoms with E-state index >= 15 is 0 Å². The van der Waals surface area contributed by atoms with E-state index in [0.29, 0.717) is 18.7 Å². The van der Waals surface area contributed by atoms with E-state index in [1.54, 1.807) is 12.1 Å². The summed E-state index contributed by atoms with van der Waals surface area (Å²) in [5, 5.41) is 10.1. The van der Waals surface area contributed by atoms with Crippen LogP contribution in [-0.4, -0.2) is 28.7 Å². The van der Waals surface area contributed by atoms with Crippen LogP contribution in [0.5, 0.6) is 0 Å². The van der Waals surface area contributed by atoms with Crippen molar-refractivity contribution in [3.8, 4) is 0 Å². The highest BCUT2D eigenvalue weighted by Gasteiger charge is 2.11. The van der Waals surface area contributed by atoms with Crippen molar-refractivity contribution in [2.75, 3.05) is 13.1 Å². The molecule has 1 heterocycles. The average molecular weight is 275 g/mol. The molecule has 20 heavy (non-hydrogen) atoms. The third-order valence-electron chi connectivity index (χ3n) is 3.46. The number of nitrogens with two attached hydrogens (primary N) is 2. The first kappa shape index (κ1) is 14.6. The van der Waals surface area contributed by atoms with Crippen LogP contribution in [0.25, 0.3) is 10.9 Å². The van der Waals surface area contributed by atoms with E-state index in [4.69, 9.17) is 16.6 Å². The first-order valence-corrected chi connectivity index (χ1v) is 6.92. The fourth-order valence-corrected chi connectivity index (χ4v) is 2.44. The Labute approximate surface area is 118 Å². The molecule has 0 aliphatic carbocycles. The van der Waals surface area contributed by atoms with Gasteiger partial charge in [-0.1, -0.05) is 0 Å². The quantitative estimate of drug-likeness (QED) is 0.715. The minimum atomic E-state index is -0.897. The number of carboxylic acids is 1.